The largest absolute Gasteiger partial charge is 0.444 e. The second-order valence-corrected chi connectivity index (χ2v) is 17.6. The van der Waals surface area contributed by atoms with E-state index in [2.05, 4.69) is 21.3 Å². The number of ether oxygens (including phenoxy) is 3. The highest BCUT2D eigenvalue weighted by Gasteiger charge is 2.56. The number of benzene rings is 1. The number of nitrogens with one attached hydrogen (secondary N) is 4. The van der Waals surface area contributed by atoms with Crippen molar-refractivity contribution in [3.63, 3.8) is 0 Å². The zero-order valence-electron chi connectivity index (χ0n) is 34.3. The Morgan fingerprint density at radius 1 is 0.947 bits per heavy atom. The SMILES string of the molecule is CN(C)C(=O)[C@@H](NC(=O)CNC(=O)C(=O)C(CC1COC1)NC(=O)[C@@H]1[C@H]2CC(C)(C)O[C@H]2CN1C(=O)[C@@H](NC(=O)OC(C)(C)C)C1CCCCC1)c1ccccc1. The van der Waals surface area contributed by atoms with Crippen LogP contribution in [-0.2, 0) is 43.0 Å². The Bertz CT molecular complexity index is 1650. The van der Waals surface area contributed by atoms with Crippen molar-refractivity contribution in [3.8, 4) is 0 Å². The summed E-state index contributed by atoms with van der Waals surface area (Å²) in [5.74, 6) is -4.88. The first-order chi connectivity index (χ1) is 26.8. The van der Waals surface area contributed by atoms with E-state index in [1.807, 2.05) is 13.8 Å². The predicted molar refractivity (Wildman–Crippen MR) is 207 cm³/mol. The van der Waals surface area contributed by atoms with Crippen molar-refractivity contribution in [2.24, 2.45) is 17.8 Å². The number of alkyl carbamates (subject to hydrolysis) is 1. The lowest BCUT2D eigenvalue weighted by Crippen LogP contribution is -2.60. The fourth-order valence-electron chi connectivity index (χ4n) is 8.35. The van der Waals surface area contributed by atoms with Crippen LogP contribution in [-0.4, -0.2) is 127 Å². The van der Waals surface area contributed by atoms with Gasteiger partial charge < -0.3 is 45.3 Å². The minimum atomic E-state index is -1.29. The summed E-state index contributed by atoms with van der Waals surface area (Å²) < 4.78 is 17.2. The molecule has 1 aliphatic carbocycles. The first-order valence-electron chi connectivity index (χ1n) is 20.1. The van der Waals surface area contributed by atoms with Crippen LogP contribution in [0.2, 0.25) is 0 Å². The van der Waals surface area contributed by atoms with Crippen molar-refractivity contribution in [2.75, 3.05) is 40.4 Å². The summed E-state index contributed by atoms with van der Waals surface area (Å²) in [5, 5.41) is 10.6. The number of carbonyl (C=O) groups excluding carboxylic acids is 7. The number of nitrogens with zero attached hydrogens (tertiary/aromatic N) is 2. The van der Waals surface area contributed by atoms with E-state index in [0.717, 1.165) is 32.1 Å². The van der Waals surface area contributed by atoms with Crippen LogP contribution in [0.3, 0.4) is 0 Å². The molecule has 16 nitrogen and oxygen atoms in total. The van der Waals surface area contributed by atoms with Gasteiger partial charge in [-0.1, -0.05) is 49.6 Å². The maximum absolute atomic E-state index is 14.6. The number of ketones is 1. The van der Waals surface area contributed by atoms with Gasteiger partial charge in [0.25, 0.3) is 5.91 Å². The molecule has 16 heteroatoms. The Morgan fingerprint density at radius 3 is 2.21 bits per heavy atom. The summed E-state index contributed by atoms with van der Waals surface area (Å²) in [6.45, 7) is 9.24. The molecule has 6 amide bonds. The van der Waals surface area contributed by atoms with Gasteiger partial charge in [-0.25, -0.2) is 4.79 Å². The van der Waals surface area contributed by atoms with E-state index < -0.39 is 89.4 Å². The molecule has 57 heavy (non-hydrogen) atoms. The van der Waals surface area contributed by atoms with Crippen LogP contribution in [0.1, 0.15) is 91.2 Å². The van der Waals surface area contributed by atoms with Gasteiger partial charge in [0.15, 0.2) is 0 Å². The molecule has 0 radical (unpaired) electrons. The number of hydrogen-bond donors (Lipinski definition) is 4. The van der Waals surface area contributed by atoms with Crippen molar-refractivity contribution in [2.45, 2.75) is 121 Å². The number of likely N-dealkylation sites (tertiary alicyclic amines) is 1. The standard InChI is InChI=1S/C41H60N6O10/c1-40(2,3)57-39(54)45-32(26-16-12-9-13-17-26)38(53)47-21-29-27(19-41(4,5)56-29)33(47)35(50)43-28(18-24-22-55-23-24)34(49)36(51)42-20-30(48)44-31(37(52)46(6)7)25-14-10-8-11-15-25/h8,10-11,14-15,24,26-29,31-33H,9,12-13,16-23H2,1-7H3,(H,42,51)(H,43,50)(H,44,48)(H,45,54)/t27-,28?,29-,31-,32-,33-/m0/s1. The number of fused-ring (bicyclic) bond motifs is 1. The Kier molecular flexibility index (Phi) is 14.0. The van der Waals surface area contributed by atoms with Crippen molar-refractivity contribution >= 4 is 41.4 Å². The zero-order valence-corrected chi connectivity index (χ0v) is 34.3. The lowest BCUT2D eigenvalue weighted by molar-refractivity contribution is -0.145. The Labute approximate surface area is 334 Å². The van der Waals surface area contributed by atoms with E-state index in [-0.39, 0.29) is 30.7 Å². The molecule has 3 heterocycles. The molecule has 5 rings (SSSR count). The molecule has 6 atom stereocenters. The number of carbonyl (C=O) groups is 7. The molecule has 0 bridgehead atoms. The lowest BCUT2D eigenvalue weighted by Gasteiger charge is -2.36. The summed E-state index contributed by atoms with van der Waals surface area (Å²) in [4.78, 5) is 98.1. The molecule has 4 aliphatic rings. The normalized spacial score (nSPS) is 23.5. The first kappa shape index (κ1) is 43.6. The third-order valence-corrected chi connectivity index (χ3v) is 11.1. The van der Waals surface area contributed by atoms with Gasteiger partial charge in [-0.05, 0) is 71.8 Å². The van der Waals surface area contributed by atoms with Crippen LogP contribution >= 0.6 is 0 Å². The molecule has 3 aliphatic heterocycles. The molecule has 1 unspecified atom stereocenters. The van der Waals surface area contributed by atoms with Crippen LogP contribution in [0.4, 0.5) is 4.79 Å². The van der Waals surface area contributed by atoms with Gasteiger partial charge in [-0.3, -0.25) is 28.8 Å². The predicted octanol–water partition coefficient (Wildman–Crippen LogP) is 2.01. The summed E-state index contributed by atoms with van der Waals surface area (Å²) in [6, 6.07) is 4.32. The molecule has 0 spiro atoms. The number of Topliss-reactive ketones (excluding diaryl/α,β-unsaturated/α-hetero) is 1. The van der Waals surface area contributed by atoms with Gasteiger partial charge in [0, 0.05) is 32.5 Å². The number of amides is 6. The summed E-state index contributed by atoms with van der Waals surface area (Å²) >= 11 is 0. The van der Waals surface area contributed by atoms with Crippen LogP contribution in [0, 0.1) is 17.8 Å². The Balaban J connectivity index is 1.32. The molecule has 1 saturated carbocycles. The quantitative estimate of drug-likeness (QED) is 0.202. The van der Waals surface area contributed by atoms with Crippen LogP contribution < -0.4 is 21.3 Å². The van der Waals surface area contributed by atoms with Crippen LogP contribution in [0.25, 0.3) is 0 Å². The van der Waals surface area contributed by atoms with Gasteiger partial charge in [0.1, 0.15) is 23.7 Å². The second kappa shape index (κ2) is 18.3. The molecule has 0 aromatic heterocycles. The molecule has 1 aromatic rings. The van der Waals surface area contributed by atoms with Crippen molar-refractivity contribution in [1.29, 1.82) is 0 Å². The third kappa shape index (κ3) is 11.3. The minimum absolute atomic E-state index is 0.0965. The van der Waals surface area contributed by atoms with Crippen molar-refractivity contribution < 1.29 is 47.8 Å². The Hall–Kier alpha value is -4.57. The van der Waals surface area contributed by atoms with Gasteiger partial charge in [0.2, 0.25) is 29.4 Å². The van der Waals surface area contributed by atoms with Crippen molar-refractivity contribution in [1.82, 2.24) is 31.1 Å². The van der Waals surface area contributed by atoms with E-state index in [9.17, 15) is 33.6 Å². The monoisotopic (exact) mass is 796 g/mol. The van der Waals surface area contributed by atoms with Gasteiger partial charge in [-0.15, -0.1) is 0 Å². The number of hydrogen-bond acceptors (Lipinski definition) is 10. The maximum Gasteiger partial charge on any atom is 0.408 e. The molecule has 1 aromatic carbocycles. The van der Waals surface area contributed by atoms with Gasteiger partial charge in [-0.2, -0.15) is 0 Å². The zero-order chi connectivity index (χ0) is 41.7. The van der Waals surface area contributed by atoms with Gasteiger partial charge in [0.05, 0.1) is 37.5 Å². The summed E-state index contributed by atoms with van der Waals surface area (Å²) in [5.41, 5.74) is -0.827. The molecule has 4 fully saturated rings. The van der Waals surface area contributed by atoms with Gasteiger partial charge >= 0.3 is 6.09 Å². The van der Waals surface area contributed by atoms with E-state index >= 15 is 0 Å². The minimum Gasteiger partial charge on any atom is -0.444 e. The molecule has 4 N–H and O–H groups in total. The third-order valence-electron chi connectivity index (χ3n) is 11.1. The molecule has 314 valence electrons. The molecular formula is C41H60N6O10. The molecule has 3 saturated heterocycles. The number of rotatable bonds is 14. The topological polar surface area (TPSA) is 202 Å². The fraction of sp³-hybridized carbons (Fsp3) is 0.683. The highest BCUT2D eigenvalue weighted by molar-refractivity contribution is 6.38. The van der Waals surface area contributed by atoms with E-state index in [0.29, 0.717) is 25.2 Å². The number of likely N-dealkylation sites (N-methyl/N-ethyl adjacent to an activating group) is 1. The fourth-order valence-corrected chi connectivity index (χ4v) is 8.35. The van der Waals surface area contributed by atoms with Crippen LogP contribution in [0.15, 0.2) is 30.3 Å². The van der Waals surface area contributed by atoms with Crippen LogP contribution in [0.5, 0.6) is 0 Å². The summed E-state index contributed by atoms with van der Waals surface area (Å²) in [7, 11) is 3.12. The first-order valence-corrected chi connectivity index (χ1v) is 20.1. The molecular weight excluding hydrogens is 736 g/mol. The highest BCUT2D eigenvalue weighted by atomic mass is 16.6. The summed E-state index contributed by atoms with van der Waals surface area (Å²) in [6.07, 6.45) is 3.63. The average Bonchev–Trinajstić information content (AvgIpc) is 3.63. The van der Waals surface area contributed by atoms with E-state index in [1.54, 1.807) is 65.2 Å². The lowest BCUT2D eigenvalue weighted by atomic mass is 9.83. The average molecular weight is 797 g/mol. The second-order valence-electron chi connectivity index (χ2n) is 17.6. The smallest absolute Gasteiger partial charge is 0.408 e. The van der Waals surface area contributed by atoms with E-state index in [1.165, 1.54) is 9.80 Å². The maximum atomic E-state index is 14.6. The highest BCUT2D eigenvalue weighted by Crippen LogP contribution is 2.43. The van der Waals surface area contributed by atoms with E-state index in [4.69, 9.17) is 14.2 Å². The Morgan fingerprint density at radius 2 is 1.61 bits per heavy atom. The van der Waals surface area contributed by atoms with Crippen molar-refractivity contribution in [3.05, 3.63) is 35.9 Å².